The van der Waals surface area contributed by atoms with E-state index in [0.29, 0.717) is 26.2 Å². The highest BCUT2D eigenvalue weighted by molar-refractivity contribution is 6.10. The molecule has 0 bridgehead atoms. The first-order valence-electron chi connectivity index (χ1n) is 17.8. The van der Waals surface area contributed by atoms with Crippen LogP contribution in [0, 0.1) is 13.8 Å². The van der Waals surface area contributed by atoms with E-state index in [-0.39, 0.29) is 29.3 Å². The first-order chi connectivity index (χ1) is 25.6. The lowest BCUT2D eigenvalue weighted by molar-refractivity contribution is 0.102. The van der Waals surface area contributed by atoms with Gasteiger partial charge in [-0.1, -0.05) is 72.8 Å². The Morgan fingerprint density at radius 1 is 0.577 bits per heavy atom. The highest BCUT2D eigenvalue weighted by Crippen LogP contribution is 2.41. The fraction of sp³-hybridized carbons (Fsp3) is 0.244. The summed E-state index contributed by atoms with van der Waals surface area (Å²) in [4.78, 5) is 29.0. The van der Waals surface area contributed by atoms with Crippen molar-refractivity contribution in [3.05, 3.63) is 143 Å². The van der Waals surface area contributed by atoms with Gasteiger partial charge in [0.25, 0.3) is 0 Å². The SMILES string of the molecule is Cc1c(C(=O)c2nnc(-c3ccccc3)c(N3CCNCC3c3ccccn3)c2C)nnc(-c2ccccc2)c1N1CCNCC1c1ccccn1. The molecule has 2 fully saturated rings. The number of carbonyl (C=O) groups is 1. The van der Waals surface area contributed by atoms with Crippen LogP contribution in [-0.2, 0) is 0 Å². The Morgan fingerprint density at radius 2 is 1.00 bits per heavy atom. The van der Waals surface area contributed by atoms with Gasteiger partial charge < -0.3 is 20.4 Å². The number of rotatable bonds is 8. The van der Waals surface area contributed by atoms with Crippen molar-refractivity contribution in [1.82, 2.24) is 41.0 Å². The quantitative estimate of drug-likeness (QED) is 0.196. The van der Waals surface area contributed by atoms with Crippen LogP contribution in [0.2, 0.25) is 0 Å². The molecule has 0 spiro atoms. The van der Waals surface area contributed by atoms with Crippen LogP contribution < -0.4 is 20.4 Å². The molecule has 0 aliphatic carbocycles. The van der Waals surface area contributed by atoms with Crippen molar-refractivity contribution >= 4 is 17.2 Å². The molecule has 0 saturated carbocycles. The molecule has 2 aliphatic rings. The molecule has 6 aromatic rings. The summed E-state index contributed by atoms with van der Waals surface area (Å²) in [6.07, 6.45) is 3.64. The van der Waals surface area contributed by atoms with Crippen LogP contribution in [0.1, 0.15) is 50.8 Å². The molecule has 0 amide bonds. The van der Waals surface area contributed by atoms with Gasteiger partial charge in [0, 0.05) is 73.9 Å². The Hall–Kier alpha value is -5.91. The Kier molecular flexibility index (Phi) is 9.43. The number of piperazine rings is 2. The Labute approximate surface area is 303 Å². The second kappa shape index (κ2) is 14.7. The number of benzene rings is 2. The fourth-order valence-corrected chi connectivity index (χ4v) is 7.47. The molecule has 8 rings (SSSR count). The van der Waals surface area contributed by atoms with Crippen molar-refractivity contribution in [2.24, 2.45) is 0 Å². The summed E-state index contributed by atoms with van der Waals surface area (Å²) in [6, 6.07) is 31.9. The van der Waals surface area contributed by atoms with E-state index >= 15 is 0 Å². The van der Waals surface area contributed by atoms with Crippen LogP contribution in [0.25, 0.3) is 22.5 Å². The minimum atomic E-state index is -0.314. The summed E-state index contributed by atoms with van der Waals surface area (Å²) in [5, 5.41) is 26.0. The lowest BCUT2D eigenvalue weighted by atomic mass is 9.96. The highest BCUT2D eigenvalue weighted by Gasteiger charge is 2.34. The Balaban J connectivity index is 1.28. The van der Waals surface area contributed by atoms with E-state index in [4.69, 9.17) is 20.2 Å². The summed E-state index contributed by atoms with van der Waals surface area (Å²) in [5.74, 6) is -0.314. The van der Waals surface area contributed by atoms with Crippen LogP contribution in [0.5, 0.6) is 0 Å². The van der Waals surface area contributed by atoms with Gasteiger partial charge in [0.05, 0.1) is 34.8 Å². The number of nitrogens with zero attached hydrogens (tertiary/aromatic N) is 8. The van der Waals surface area contributed by atoms with Gasteiger partial charge in [0.1, 0.15) is 22.8 Å². The van der Waals surface area contributed by atoms with Crippen LogP contribution in [0.4, 0.5) is 11.4 Å². The zero-order valence-corrected chi connectivity index (χ0v) is 29.3. The zero-order valence-electron chi connectivity index (χ0n) is 29.3. The number of carbonyl (C=O) groups excluding carboxylic acids is 1. The standard InChI is InChI=1S/C41H40N10O/c1-27-35(46-48-37(29-13-5-3-6-14-29)39(27)50-23-21-42-25-33(50)31-17-9-11-19-44-31)41(52)36-28(2)40(38(49-47-36)30-15-7-4-8-16-30)51-24-22-43-26-34(51)32-18-10-12-20-45-32/h3-20,33-34,42-43H,21-26H2,1-2H3. The third-order valence-electron chi connectivity index (χ3n) is 10.0. The average molecular weight is 689 g/mol. The summed E-state index contributed by atoms with van der Waals surface area (Å²) in [6.45, 7) is 8.30. The predicted octanol–water partition coefficient (Wildman–Crippen LogP) is 5.54. The number of aromatic nitrogens is 6. The summed E-state index contributed by atoms with van der Waals surface area (Å²) < 4.78 is 0. The maximum atomic E-state index is 14.9. The van der Waals surface area contributed by atoms with Gasteiger partial charge in [-0.05, 0) is 38.1 Å². The lowest BCUT2D eigenvalue weighted by Gasteiger charge is -2.39. The molecular weight excluding hydrogens is 649 g/mol. The number of hydrogen-bond donors (Lipinski definition) is 2. The van der Waals surface area contributed by atoms with Gasteiger partial charge >= 0.3 is 0 Å². The van der Waals surface area contributed by atoms with Gasteiger partial charge in [-0.2, -0.15) is 0 Å². The van der Waals surface area contributed by atoms with Gasteiger partial charge in [-0.15, -0.1) is 20.4 Å². The molecule has 4 aromatic heterocycles. The summed E-state index contributed by atoms with van der Waals surface area (Å²) >= 11 is 0. The van der Waals surface area contributed by atoms with Gasteiger partial charge in [-0.3, -0.25) is 14.8 Å². The second-order valence-electron chi connectivity index (χ2n) is 13.1. The number of pyridine rings is 2. The van der Waals surface area contributed by atoms with Gasteiger partial charge in [-0.25, -0.2) is 0 Å². The lowest BCUT2D eigenvalue weighted by Crippen LogP contribution is -2.47. The maximum absolute atomic E-state index is 14.9. The van der Waals surface area contributed by atoms with Crippen molar-refractivity contribution in [3.8, 4) is 22.5 Å². The second-order valence-corrected chi connectivity index (χ2v) is 13.1. The Morgan fingerprint density at radius 3 is 1.40 bits per heavy atom. The minimum Gasteiger partial charge on any atom is -0.358 e. The normalized spacial score (nSPS) is 17.6. The first kappa shape index (κ1) is 33.2. The number of hydrogen-bond acceptors (Lipinski definition) is 11. The van der Waals surface area contributed by atoms with Crippen LogP contribution in [0.15, 0.2) is 109 Å². The molecule has 2 atom stereocenters. The molecule has 260 valence electrons. The third-order valence-corrected chi connectivity index (χ3v) is 10.0. The molecule has 0 radical (unpaired) electrons. The zero-order chi connectivity index (χ0) is 35.4. The molecule has 2 saturated heterocycles. The molecule has 2 unspecified atom stereocenters. The van der Waals surface area contributed by atoms with E-state index in [9.17, 15) is 4.79 Å². The molecule has 6 heterocycles. The van der Waals surface area contributed by atoms with Crippen LogP contribution >= 0.6 is 0 Å². The van der Waals surface area contributed by atoms with E-state index in [1.807, 2.05) is 123 Å². The maximum Gasteiger partial charge on any atom is 0.234 e. The average Bonchev–Trinajstić information content (AvgIpc) is 3.21. The van der Waals surface area contributed by atoms with Crippen molar-refractivity contribution in [1.29, 1.82) is 0 Å². The van der Waals surface area contributed by atoms with Crippen LogP contribution in [-0.4, -0.2) is 75.4 Å². The molecule has 2 aliphatic heterocycles. The van der Waals surface area contributed by atoms with E-state index in [0.717, 1.165) is 69.5 Å². The number of nitrogens with one attached hydrogen (secondary N) is 2. The number of anilines is 2. The highest BCUT2D eigenvalue weighted by atomic mass is 16.1. The van der Waals surface area contributed by atoms with E-state index in [1.165, 1.54) is 0 Å². The molecule has 2 aromatic carbocycles. The van der Waals surface area contributed by atoms with Crippen molar-refractivity contribution in [2.45, 2.75) is 25.9 Å². The summed E-state index contributed by atoms with van der Waals surface area (Å²) in [5.41, 5.74) is 8.91. The van der Waals surface area contributed by atoms with E-state index < -0.39 is 0 Å². The van der Waals surface area contributed by atoms with E-state index in [2.05, 4.69) is 30.6 Å². The molecule has 11 nitrogen and oxygen atoms in total. The summed E-state index contributed by atoms with van der Waals surface area (Å²) in [7, 11) is 0. The van der Waals surface area contributed by atoms with Gasteiger partial charge in [0.2, 0.25) is 5.78 Å². The molecule has 52 heavy (non-hydrogen) atoms. The van der Waals surface area contributed by atoms with Crippen LogP contribution in [0.3, 0.4) is 0 Å². The molecule has 11 heteroatoms. The number of ketones is 1. The largest absolute Gasteiger partial charge is 0.358 e. The van der Waals surface area contributed by atoms with Crippen molar-refractivity contribution < 1.29 is 4.79 Å². The predicted molar refractivity (Wildman–Crippen MR) is 202 cm³/mol. The Bertz CT molecular complexity index is 2010. The first-order valence-corrected chi connectivity index (χ1v) is 17.8. The molecule has 2 N–H and O–H groups in total. The minimum absolute atomic E-state index is 0.0715. The van der Waals surface area contributed by atoms with Gasteiger partial charge in [0.15, 0.2) is 0 Å². The monoisotopic (exact) mass is 688 g/mol. The molecular formula is C41H40N10O. The van der Waals surface area contributed by atoms with E-state index in [1.54, 1.807) is 0 Å². The van der Waals surface area contributed by atoms with Crippen molar-refractivity contribution in [3.63, 3.8) is 0 Å². The topological polar surface area (TPSA) is 125 Å². The fourth-order valence-electron chi connectivity index (χ4n) is 7.47. The smallest absolute Gasteiger partial charge is 0.234 e. The third kappa shape index (κ3) is 6.29. The van der Waals surface area contributed by atoms with Crippen molar-refractivity contribution in [2.75, 3.05) is 49.1 Å².